The molecule has 0 amide bonds. The molecule has 2 aromatic rings. The van der Waals surface area contributed by atoms with Crippen LogP contribution in [0.15, 0.2) is 21.7 Å². The number of hydrogen-bond donors (Lipinski definition) is 1. The normalized spacial score (nSPS) is 10.7. The Morgan fingerprint density at radius 3 is 3.00 bits per heavy atom. The Morgan fingerprint density at radius 1 is 1.57 bits per heavy atom. The van der Waals surface area contributed by atoms with Crippen molar-refractivity contribution in [2.45, 2.75) is 13.3 Å². The van der Waals surface area contributed by atoms with E-state index in [1.165, 1.54) is 0 Å². The first-order chi connectivity index (χ1) is 11.1. The molecule has 0 unspecified atom stereocenters. The van der Waals surface area contributed by atoms with Crippen molar-refractivity contribution in [3.63, 3.8) is 0 Å². The van der Waals surface area contributed by atoms with E-state index < -0.39 is 0 Å². The maximum absolute atomic E-state index is 5.59. The number of halogens is 1. The number of terminal acetylenes is 1. The first kappa shape index (κ1) is 17.2. The van der Waals surface area contributed by atoms with E-state index in [-0.39, 0.29) is 6.61 Å². The number of aromatic amines is 1. The van der Waals surface area contributed by atoms with Gasteiger partial charge in [0.1, 0.15) is 6.61 Å². The van der Waals surface area contributed by atoms with Gasteiger partial charge in [0.25, 0.3) is 0 Å². The number of nitrogens with zero attached hydrogens (tertiary/aromatic N) is 3. The lowest BCUT2D eigenvalue weighted by atomic mass is 10.2. The number of hydrogen-bond acceptors (Lipinski definition) is 5. The van der Waals surface area contributed by atoms with Gasteiger partial charge in [-0.2, -0.15) is 14.9 Å². The molecule has 1 aromatic heterocycles. The van der Waals surface area contributed by atoms with Crippen LogP contribution in [-0.2, 0) is 6.42 Å². The lowest BCUT2D eigenvalue weighted by Crippen LogP contribution is -2.02. The van der Waals surface area contributed by atoms with Crippen LogP contribution in [-0.4, -0.2) is 34.8 Å². The molecular formula is C15H15BrN4O2S. The summed E-state index contributed by atoms with van der Waals surface area (Å²) in [6, 6.07) is 3.65. The first-order valence-electron chi connectivity index (χ1n) is 6.75. The highest BCUT2D eigenvalue weighted by Crippen LogP contribution is 2.34. The predicted octanol–water partition coefficient (Wildman–Crippen LogP) is 3.17. The second-order valence-corrected chi connectivity index (χ2v) is 5.68. The van der Waals surface area contributed by atoms with Crippen LogP contribution in [0.3, 0.4) is 0 Å². The van der Waals surface area contributed by atoms with Crippen molar-refractivity contribution in [3.8, 4) is 23.8 Å². The molecule has 0 aliphatic rings. The van der Waals surface area contributed by atoms with Crippen LogP contribution in [0.5, 0.6) is 11.5 Å². The molecule has 0 saturated carbocycles. The second-order valence-electron chi connectivity index (χ2n) is 4.37. The number of aryl methyl sites for hydroxylation is 1. The van der Waals surface area contributed by atoms with Crippen LogP contribution in [0.1, 0.15) is 18.3 Å². The molecule has 2 rings (SSSR count). The van der Waals surface area contributed by atoms with E-state index in [1.54, 1.807) is 24.1 Å². The molecule has 0 atom stereocenters. The van der Waals surface area contributed by atoms with Gasteiger partial charge in [-0.1, -0.05) is 28.8 Å². The smallest absolute Gasteiger partial charge is 0.216 e. The molecular weight excluding hydrogens is 380 g/mol. The second kappa shape index (κ2) is 7.94. The van der Waals surface area contributed by atoms with Gasteiger partial charge in [0, 0.05) is 16.5 Å². The number of nitrogens with one attached hydrogen (secondary N) is 1. The van der Waals surface area contributed by atoms with E-state index >= 15 is 0 Å². The van der Waals surface area contributed by atoms with Gasteiger partial charge in [0.15, 0.2) is 17.3 Å². The Kier molecular flexibility index (Phi) is 5.96. The number of rotatable bonds is 6. The molecule has 0 fully saturated rings. The number of benzene rings is 1. The average molecular weight is 395 g/mol. The lowest BCUT2D eigenvalue weighted by Gasteiger charge is -2.12. The van der Waals surface area contributed by atoms with Crippen molar-refractivity contribution in [1.29, 1.82) is 0 Å². The predicted molar refractivity (Wildman–Crippen MR) is 94.8 cm³/mol. The Labute approximate surface area is 147 Å². The highest BCUT2D eigenvalue weighted by molar-refractivity contribution is 9.10. The zero-order valence-electron chi connectivity index (χ0n) is 12.7. The summed E-state index contributed by atoms with van der Waals surface area (Å²) < 4.78 is 13.7. The standard InChI is InChI=1S/C15H15BrN4O2S/c1-4-6-22-14-10(7-11(16)8-12(14)21-3)9-17-20-13(5-2)18-19-15(20)23/h1,7-9H,5-6H2,2-3H3,(H,19,23)/b17-9-. The van der Waals surface area contributed by atoms with E-state index in [0.29, 0.717) is 28.3 Å². The highest BCUT2D eigenvalue weighted by atomic mass is 79.9. The molecule has 1 aromatic carbocycles. The third-order valence-corrected chi connectivity index (χ3v) is 3.64. The third-order valence-electron chi connectivity index (χ3n) is 2.91. The fourth-order valence-corrected chi connectivity index (χ4v) is 2.55. The topological polar surface area (TPSA) is 64.4 Å². The van der Waals surface area contributed by atoms with E-state index in [4.69, 9.17) is 28.1 Å². The summed E-state index contributed by atoms with van der Waals surface area (Å²) in [5.74, 6) is 4.25. The van der Waals surface area contributed by atoms with Crippen molar-refractivity contribution < 1.29 is 9.47 Å². The minimum atomic E-state index is 0.129. The summed E-state index contributed by atoms with van der Waals surface area (Å²) in [4.78, 5) is 0. The van der Waals surface area contributed by atoms with Gasteiger partial charge in [-0.05, 0) is 24.4 Å². The lowest BCUT2D eigenvalue weighted by molar-refractivity contribution is 0.330. The van der Waals surface area contributed by atoms with Crippen LogP contribution in [0.2, 0.25) is 0 Å². The van der Waals surface area contributed by atoms with Crippen molar-refractivity contribution in [3.05, 3.63) is 32.8 Å². The Morgan fingerprint density at radius 2 is 2.35 bits per heavy atom. The van der Waals surface area contributed by atoms with Crippen LogP contribution in [0, 0.1) is 17.1 Å². The van der Waals surface area contributed by atoms with Gasteiger partial charge in [-0.3, -0.25) is 5.10 Å². The SMILES string of the molecule is C#CCOc1c(/C=N\n2c(CC)n[nH]c2=S)cc(Br)cc1OC. The van der Waals surface area contributed by atoms with E-state index in [1.807, 2.05) is 13.0 Å². The molecule has 0 spiro atoms. The number of ether oxygens (including phenoxy) is 2. The van der Waals surface area contributed by atoms with Gasteiger partial charge >= 0.3 is 0 Å². The first-order valence-corrected chi connectivity index (χ1v) is 7.95. The summed E-state index contributed by atoms with van der Waals surface area (Å²) in [7, 11) is 1.56. The fraction of sp³-hybridized carbons (Fsp3) is 0.267. The maximum atomic E-state index is 5.59. The Bertz CT molecular complexity index is 820. The summed E-state index contributed by atoms with van der Waals surface area (Å²) >= 11 is 8.61. The molecule has 23 heavy (non-hydrogen) atoms. The van der Waals surface area contributed by atoms with Gasteiger partial charge in [0.05, 0.1) is 13.3 Å². The van der Waals surface area contributed by atoms with Crippen LogP contribution in [0.4, 0.5) is 0 Å². The summed E-state index contributed by atoms with van der Waals surface area (Å²) in [6.45, 7) is 2.10. The fourth-order valence-electron chi connectivity index (χ4n) is 1.90. The van der Waals surface area contributed by atoms with E-state index in [9.17, 15) is 0 Å². The molecule has 0 bridgehead atoms. The number of H-pyrrole nitrogens is 1. The number of methoxy groups -OCH3 is 1. The molecule has 0 aliphatic carbocycles. The van der Waals surface area contributed by atoms with Crippen LogP contribution < -0.4 is 9.47 Å². The molecule has 0 radical (unpaired) electrons. The van der Waals surface area contributed by atoms with E-state index in [0.717, 1.165) is 10.3 Å². The van der Waals surface area contributed by atoms with Gasteiger partial charge in [-0.15, -0.1) is 6.42 Å². The van der Waals surface area contributed by atoms with Crippen LogP contribution >= 0.6 is 28.1 Å². The van der Waals surface area contributed by atoms with Crippen molar-refractivity contribution in [1.82, 2.24) is 14.9 Å². The molecule has 0 saturated heterocycles. The van der Waals surface area contributed by atoms with Crippen molar-refractivity contribution >= 4 is 34.4 Å². The van der Waals surface area contributed by atoms with Gasteiger partial charge in [0.2, 0.25) is 4.77 Å². The molecule has 1 N–H and O–H groups in total. The van der Waals surface area contributed by atoms with Gasteiger partial charge < -0.3 is 9.47 Å². The summed E-state index contributed by atoms with van der Waals surface area (Å²) in [5, 5.41) is 11.2. The molecule has 120 valence electrons. The van der Waals surface area contributed by atoms with Crippen molar-refractivity contribution in [2.75, 3.05) is 13.7 Å². The van der Waals surface area contributed by atoms with E-state index in [2.05, 4.69) is 37.1 Å². The zero-order valence-corrected chi connectivity index (χ0v) is 15.1. The molecule has 8 heteroatoms. The Hall–Kier alpha value is -2.11. The largest absolute Gasteiger partial charge is 0.493 e. The monoisotopic (exact) mass is 394 g/mol. The zero-order chi connectivity index (χ0) is 16.8. The Balaban J connectivity index is 2.47. The summed E-state index contributed by atoms with van der Waals surface area (Å²) in [5.41, 5.74) is 0.705. The molecule has 6 nitrogen and oxygen atoms in total. The number of aromatic nitrogens is 3. The highest BCUT2D eigenvalue weighted by Gasteiger charge is 2.12. The molecule has 1 heterocycles. The summed E-state index contributed by atoms with van der Waals surface area (Å²) in [6.07, 6.45) is 7.60. The maximum Gasteiger partial charge on any atom is 0.216 e. The average Bonchev–Trinajstić information content (AvgIpc) is 2.91. The third kappa shape index (κ3) is 4.00. The minimum Gasteiger partial charge on any atom is -0.493 e. The van der Waals surface area contributed by atoms with Gasteiger partial charge in [-0.25, -0.2) is 0 Å². The van der Waals surface area contributed by atoms with Crippen LogP contribution in [0.25, 0.3) is 0 Å². The minimum absolute atomic E-state index is 0.129. The molecule has 0 aliphatic heterocycles. The quantitative estimate of drug-likeness (QED) is 0.464. The van der Waals surface area contributed by atoms with Crippen molar-refractivity contribution in [2.24, 2.45) is 5.10 Å².